The molecule has 4 rings (SSSR count). The van der Waals surface area contributed by atoms with E-state index >= 15 is 0 Å². The Morgan fingerprint density at radius 1 is 1.00 bits per heavy atom. The van der Waals surface area contributed by atoms with E-state index in [2.05, 4.69) is 52.5 Å². The molecule has 0 amide bonds. The second-order valence-electron chi connectivity index (χ2n) is 6.95. The lowest BCUT2D eigenvalue weighted by Gasteiger charge is -2.15. The molecule has 0 spiro atoms. The van der Waals surface area contributed by atoms with Crippen LogP contribution in [0.2, 0.25) is 0 Å². The minimum Gasteiger partial charge on any atom is -0.493 e. The van der Waals surface area contributed by atoms with E-state index in [1.165, 1.54) is 23.4 Å². The molecule has 3 aromatic carbocycles. The van der Waals surface area contributed by atoms with Crippen molar-refractivity contribution < 1.29 is 9.47 Å². The van der Waals surface area contributed by atoms with Crippen molar-refractivity contribution in [3.05, 3.63) is 76.3 Å². The van der Waals surface area contributed by atoms with Gasteiger partial charge in [-0.25, -0.2) is 4.98 Å². The van der Waals surface area contributed by atoms with Crippen LogP contribution in [0.15, 0.2) is 59.4 Å². The molecule has 0 bridgehead atoms. The maximum Gasteiger partial charge on any atom is 0.258 e. The fourth-order valence-electron chi connectivity index (χ4n) is 3.44. The van der Waals surface area contributed by atoms with Crippen LogP contribution in [-0.2, 0) is 6.54 Å². The predicted molar refractivity (Wildman–Crippen MR) is 115 cm³/mol. The number of hydrogen-bond acceptors (Lipinski definition) is 5. The second kappa shape index (κ2) is 7.93. The maximum absolute atomic E-state index is 12.5. The van der Waals surface area contributed by atoms with Gasteiger partial charge in [-0.2, -0.15) is 0 Å². The van der Waals surface area contributed by atoms with Crippen LogP contribution in [0.4, 0.5) is 0 Å². The average Bonchev–Trinajstić information content (AvgIpc) is 2.76. The van der Waals surface area contributed by atoms with Crippen LogP contribution in [0.5, 0.6) is 11.5 Å². The zero-order valence-corrected chi connectivity index (χ0v) is 16.7. The monoisotopic (exact) mass is 389 g/mol. The van der Waals surface area contributed by atoms with Crippen molar-refractivity contribution in [3.8, 4) is 11.5 Å². The molecule has 2 N–H and O–H groups in total. The van der Waals surface area contributed by atoms with E-state index in [1.54, 1.807) is 19.2 Å². The number of nitrogens with zero attached hydrogens (tertiary/aromatic N) is 1. The molecule has 0 unspecified atom stereocenters. The Bertz CT molecular complexity index is 1230. The van der Waals surface area contributed by atoms with Crippen molar-refractivity contribution >= 4 is 21.7 Å². The minimum absolute atomic E-state index is 0.103. The van der Waals surface area contributed by atoms with E-state index in [0.29, 0.717) is 34.8 Å². The molecule has 1 atom stereocenters. The summed E-state index contributed by atoms with van der Waals surface area (Å²) in [5.74, 6) is 1.62. The molecule has 1 heterocycles. The molecular formula is C23H23N3O3. The molecule has 0 radical (unpaired) electrons. The maximum atomic E-state index is 12.5. The van der Waals surface area contributed by atoms with Crippen LogP contribution in [0.3, 0.4) is 0 Å². The first-order chi connectivity index (χ1) is 14.1. The highest BCUT2D eigenvalue weighted by Gasteiger charge is 2.12. The van der Waals surface area contributed by atoms with E-state index in [-0.39, 0.29) is 11.6 Å². The Hall–Kier alpha value is -3.38. The Labute approximate surface area is 168 Å². The van der Waals surface area contributed by atoms with Crippen molar-refractivity contribution in [1.82, 2.24) is 15.3 Å². The topological polar surface area (TPSA) is 76.2 Å². The summed E-state index contributed by atoms with van der Waals surface area (Å²) < 4.78 is 10.6. The molecule has 4 aromatic rings. The van der Waals surface area contributed by atoms with Crippen molar-refractivity contribution in [1.29, 1.82) is 0 Å². The molecule has 0 aliphatic heterocycles. The van der Waals surface area contributed by atoms with Crippen LogP contribution in [-0.4, -0.2) is 24.2 Å². The van der Waals surface area contributed by atoms with E-state index in [9.17, 15) is 4.79 Å². The molecule has 1 aromatic heterocycles. The van der Waals surface area contributed by atoms with Gasteiger partial charge in [-0.1, -0.05) is 36.4 Å². The van der Waals surface area contributed by atoms with Gasteiger partial charge in [0.1, 0.15) is 5.82 Å². The van der Waals surface area contributed by atoms with E-state index in [1.807, 2.05) is 12.1 Å². The number of rotatable bonds is 6. The number of benzene rings is 3. The zero-order valence-electron chi connectivity index (χ0n) is 16.7. The van der Waals surface area contributed by atoms with Crippen LogP contribution in [0, 0.1) is 0 Å². The Morgan fingerprint density at radius 2 is 1.72 bits per heavy atom. The number of nitrogens with one attached hydrogen (secondary N) is 2. The third-order valence-corrected chi connectivity index (χ3v) is 5.11. The normalized spacial score (nSPS) is 12.2. The highest BCUT2D eigenvalue weighted by molar-refractivity contribution is 5.83. The van der Waals surface area contributed by atoms with Gasteiger partial charge in [-0.3, -0.25) is 4.79 Å². The molecule has 0 aliphatic rings. The first-order valence-corrected chi connectivity index (χ1v) is 9.46. The number of hydrogen-bond donors (Lipinski definition) is 2. The molecule has 0 fully saturated rings. The molecule has 29 heavy (non-hydrogen) atoms. The van der Waals surface area contributed by atoms with Crippen LogP contribution in [0.25, 0.3) is 21.7 Å². The van der Waals surface area contributed by atoms with Gasteiger partial charge in [0.05, 0.1) is 31.7 Å². The smallest absolute Gasteiger partial charge is 0.258 e. The number of fused-ring (bicyclic) bond motifs is 2. The number of aromatic nitrogens is 2. The summed E-state index contributed by atoms with van der Waals surface area (Å²) >= 11 is 0. The SMILES string of the molecule is COc1cc2nc(CN[C@H](C)c3ccc4ccccc4c3)[nH]c(=O)c2cc1OC. The van der Waals surface area contributed by atoms with Gasteiger partial charge in [0, 0.05) is 12.1 Å². The first-order valence-electron chi connectivity index (χ1n) is 9.46. The average molecular weight is 389 g/mol. The third-order valence-electron chi connectivity index (χ3n) is 5.11. The quantitative estimate of drug-likeness (QED) is 0.522. The van der Waals surface area contributed by atoms with Gasteiger partial charge < -0.3 is 19.8 Å². The standard InChI is InChI=1S/C23H23N3O3/c1-14(16-9-8-15-6-4-5-7-17(15)10-16)24-13-22-25-19-12-21(29-3)20(28-2)11-18(19)23(27)26-22/h4-12,14,24H,13H2,1-3H3,(H,25,26,27)/t14-/m1/s1. The Kier molecular flexibility index (Phi) is 5.18. The largest absolute Gasteiger partial charge is 0.493 e. The number of H-pyrrole nitrogens is 1. The molecule has 6 nitrogen and oxygen atoms in total. The fourth-order valence-corrected chi connectivity index (χ4v) is 3.44. The van der Waals surface area contributed by atoms with Crippen molar-refractivity contribution in [2.45, 2.75) is 19.5 Å². The van der Waals surface area contributed by atoms with Crippen LogP contribution in [0.1, 0.15) is 24.4 Å². The van der Waals surface area contributed by atoms with E-state index in [4.69, 9.17) is 9.47 Å². The van der Waals surface area contributed by atoms with Gasteiger partial charge in [-0.15, -0.1) is 0 Å². The van der Waals surface area contributed by atoms with Gasteiger partial charge in [-0.05, 0) is 35.4 Å². The predicted octanol–water partition coefficient (Wildman–Crippen LogP) is 3.94. The Balaban J connectivity index is 1.57. The molecule has 0 aliphatic carbocycles. The third kappa shape index (κ3) is 3.79. The van der Waals surface area contributed by atoms with E-state index < -0.39 is 0 Å². The molecule has 0 saturated heterocycles. The summed E-state index contributed by atoms with van der Waals surface area (Å²) in [6, 6.07) is 18.2. The molecule has 148 valence electrons. The fraction of sp³-hybridized carbons (Fsp3) is 0.217. The van der Waals surface area contributed by atoms with Gasteiger partial charge >= 0.3 is 0 Å². The summed E-state index contributed by atoms with van der Waals surface area (Å²) in [7, 11) is 3.10. The minimum atomic E-state index is -0.203. The lowest BCUT2D eigenvalue weighted by Crippen LogP contribution is -2.22. The molecule has 0 saturated carbocycles. The zero-order chi connectivity index (χ0) is 20.4. The lowest BCUT2D eigenvalue weighted by molar-refractivity contribution is 0.355. The number of methoxy groups -OCH3 is 2. The van der Waals surface area contributed by atoms with Gasteiger partial charge in [0.2, 0.25) is 0 Å². The second-order valence-corrected chi connectivity index (χ2v) is 6.95. The summed E-state index contributed by atoms with van der Waals surface area (Å²) in [6.45, 7) is 2.53. The summed E-state index contributed by atoms with van der Waals surface area (Å²) in [4.78, 5) is 19.9. The summed E-state index contributed by atoms with van der Waals surface area (Å²) in [5, 5.41) is 6.32. The van der Waals surface area contributed by atoms with Crippen LogP contribution >= 0.6 is 0 Å². The lowest BCUT2D eigenvalue weighted by atomic mass is 10.0. The van der Waals surface area contributed by atoms with Crippen molar-refractivity contribution in [2.75, 3.05) is 14.2 Å². The summed E-state index contributed by atoms with van der Waals surface area (Å²) in [6.07, 6.45) is 0. The highest BCUT2D eigenvalue weighted by atomic mass is 16.5. The number of ether oxygens (including phenoxy) is 2. The molecular weight excluding hydrogens is 366 g/mol. The molecule has 6 heteroatoms. The number of aromatic amines is 1. The van der Waals surface area contributed by atoms with Crippen molar-refractivity contribution in [3.63, 3.8) is 0 Å². The van der Waals surface area contributed by atoms with E-state index in [0.717, 1.165) is 0 Å². The highest BCUT2D eigenvalue weighted by Crippen LogP contribution is 2.30. The Morgan fingerprint density at radius 3 is 2.48 bits per heavy atom. The first kappa shape index (κ1) is 19.0. The van der Waals surface area contributed by atoms with Gasteiger partial charge in [0.15, 0.2) is 11.5 Å². The van der Waals surface area contributed by atoms with Crippen molar-refractivity contribution in [2.24, 2.45) is 0 Å². The van der Waals surface area contributed by atoms with Crippen LogP contribution < -0.4 is 20.3 Å². The van der Waals surface area contributed by atoms with Gasteiger partial charge in [0.25, 0.3) is 5.56 Å². The summed E-state index contributed by atoms with van der Waals surface area (Å²) in [5.41, 5.74) is 1.55.